The molecule has 2 aliphatic rings. The van der Waals surface area contributed by atoms with Crippen LogP contribution in [0.2, 0.25) is 0 Å². The normalized spacial score (nSPS) is 17.3. The van der Waals surface area contributed by atoms with Crippen LogP contribution in [0.1, 0.15) is 36.0 Å². The fraction of sp³-hybridized carbons (Fsp3) is 0.438. The number of amides is 2. The van der Waals surface area contributed by atoms with E-state index in [0.29, 0.717) is 17.0 Å². The maximum absolute atomic E-state index is 12.0. The fourth-order valence-corrected chi connectivity index (χ4v) is 3.55. The van der Waals surface area contributed by atoms with Gasteiger partial charge in [-0.2, -0.15) is 0 Å². The predicted octanol–water partition coefficient (Wildman–Crippen LogP) is 1.95. The van der Waals surface area contributed by atoms with Crippen LogP contribution >= 0.6 is 11.8 Å². The third kappa shape index (κ3) is 4.04. The Labute approximate surface area is 138 Å². The van der Waals surface area contributed by atoms with Crippen LogP contribution < -0.4 is 10.6 Å². The molecule has 0 unspecified atom stereocenters. The maximum atomic E-state index is 12.0. The highest BCUT2D eigenvalue weighted by Gasteiger charge is 2.20. The smallest absolute Gasteiger partial charge is 0.338 e. The summed E-state index contributed by atoms with van der Waals surface area (Å²) in [4.78, 5) is 36.1. The molecule has 0 saturated heterocycles. The minimum atomic E-state index is -0.570. The van der Waals surface area contributed by atoms with Gasteiger partial charge in [-0.15, -0.1) is 11.8 Å². The Morgan fingerprint density at radius 1 is 1.30 bits per heavy atom. The lowest BCUT2D eigenvalue weighted by Gasteiger charge is -2.16. The minimum absolute atomic E-state index is 0.0936. The fourth-order valence-electron chi connectivity index (χ4n) is 2.76. The van der Waals surface area contributed by atoms with Crippen molar-refractivity contribution in [3.05, 3.63) is 23.8 Å². The number of hydrogen-bond acceptors (Lipinski definition) is 5. The van der Waals surface area contributed by atoms with Crippen LogP contribution in [0.3, 0.4) is 0 Å². The van der Waals surface area contributed by atoms with Crippen molar-refractivity contribution in [1.82, 2.24) is 5.32 Å². The van der Waals surface area contributed by atoms with Crippen molar-refractivity contribution < 1.29 is 19.1 Å². The second-order valence-electron chi connectivity index (χ2n) is 5.67. The van der Waals surface area contributed by atoms with Crippen molar-refractivity contribution in [2.24, 2.45) is 0 Å². The van der Waals surface area contributed by atoms with E-state index in [-0.39, 0.29) is 24.5 Å². The standard InChI is InChI=1S/C16H18N2O4S/c19-14(17-11-3-1-2-4-11)8-22-16(21)10-5-6-13-12(7-10)18-15(20)9-23-13/h5-7,11H,1-4,8-9H2,(H,17,19)(H,18,20). The first kappa shape index (κ1) is 15.9. The summed E-state index contributed by atoms with van der Waals surface area (Å²) in [6.45, 7) is -0.284. The van der Waals surface area contributed by atoms with E-state index < -0.39 is 5.97 Å². The molecule has 122 valence electrons. The number of nitrogens with one attached hydrogen (secondary N) is 2. The van der Waals surface area contributed by atoms with Gasteiger partial charge in [-0.25, -0.2) is 4.79 Å². The van der Waals surface area contributed by atoms with Gasteiger partial charge in [0.2, 0.25) is 5.91 Å². The van der Waals surface area contributed by atoms with Crippen molar-refractivity contribution >= 4 is 35.2 Å². The lowest BCUT2D eigenvalue weighted by molar-refractivity contribution is -0.124. The molecule has 2 N–H and O–H groups in total. The van der Waals surface area contributed by atoms with Crippen LogP contribution in [0.25, 0.3) is 0 Å². The molecular formula is C16H18N2O4S. The zero-order valence-corrected chi connectivity index (χ0v) is 13.4. The van der Waals surface area contributed by atoms with Crippen LogP contribution in [0, 0.1) is 0 Å². The van der Waals surface area contributed by atoms with E-state index in [9.17, 15) is 14.4 Å². The highest BCUT2D eigenvalue weighted by Crippen LogP contribution is 2.32. The van der Waals surface area contributed by atoms with Gasteiger partial charge < -0.3 is 15.4 Å². The Kier molecular flexibility index (Phi) is 4.85. The predicted molar refractivity (Wildman–Crippen MR) is 86.5 cm³/mol. The molecular weight excluding hydrogens is 316 g/mol. The van der Waals surface area contributed by atoms with Gasteiger partial charge in [0.15, 0.2) is 6.61 Å². The molecule has 1 aliphatic carbocycles. The maximum Gasteiger partial charge on any atom is 0.338 e. The Balaban J connectivity index is 1.54. The van der Waals surface area contributed by atoms with E-state index in [1.54, 1.807) is 18.2 Å². The van der Waals surface area contributed by atoms with E-state index in [4.69, 9.17) is 4.74 Å². The Morgan fingerprint density at radius 3 is 2.87 bits per heavy atom. The highest BCUT2D eigenvalue weighted by atomic mass is 32.2. The number of anilines is 1. The summed E-state index contributed by atoms with van der Waals surface area (Å²) in [7, 11) is 0. The van der Waals surface area contributed by atoms with Gasteiger partial charge in [0.25, 0.3) is 5.91 Å². The third-order valence-electron chi connectivity index (χ3n) is 3.90. The molecule has 0 aromatic heterocycles. The van der Waals surface area contributed by atoms with Crippen LogP contribution in [-0.2, 0) is 14.3 Å². The van der Waals surface area contributed by atoms with Crippen LogP contribution in [0.4, 0.5) is 5.69 Å². The zero-order valence-electron chi connectivity index (χ0n) is 12.6. The molecule has 1 aromatic carbocycles. The number of fused-ring (bicyclic) bond motifs is 1. The molecule has 0 bridgehead atoms. The summed E-state index contributed by atoms with van der Waals surface area (Å²) in [5.41, 5.74) is 0.927. The number of esters is 1. The highest BCUT2D eigenvalue weighted by molar-refractivity contribution is 8.00. The number of carbonyl (C=O) groups is 3. The largest absolute Gasteiger partial charge is 0.452 e. The molecule has 1 aliphatic heterocycles. The summed E-state index contributed by atoms with van der Waals surface area (Å²) < 4.78 is 5.05. The number of benzene rings is 1. The first-order valence-electron chi connectivity index (χ1n) is 7.65. The summed E-state index contributed by atoms with van der Waals surface area (Å²) >= 11 is 1.42. The van der Waals surface area contributed by atoms with Gasteiger partial charge in [0.05, 0.1) is 17.0 Å². The molecule has 0 spiro atoms. The number of ether oxygens (including phenoxy) is 1. The molecule has 2 amide bonds. The third-order valence-corrected chi connectivity index (χ3v) is 4.98. The van der Waals surface area contributed by atoms with Gasteiger partial charge in [-0.3, -0.25) is 9.59 Å². The van der Waals surface area contributed by atoms with Crippen molar-refractivity contribution in [2.75, 3.05) is 17.7 Å². The Hall–Kier alpha value is -2.02. The monoisotopic (exact) mass is 334 g/mol. The van der Waals surface area contributed by atoms with Crippen LogP contribution in [-0.4, -0.2) is 36.2 Å². The molecule has 0 radical (unpaired) electrons. The minimum Gasteiger partial charge on any atom is -0.452 e. The number of hydrogen-bond donors (Lipinski definition) is 2. The SMILES string of the molecule is O=C1CSc2ccc(C(=O)OCC(=O)NC3CCCC3)cc2N1. The molecule has 6 nitrogen and oxygen atoms in total. The van der Waals surface area contributed by atoms with Crippen molar-refractivity contribution in [3.8, 4) is 0 Å². The first-order chi connectivity index (χ1) is 11.1. The van der Waals surface area contributed by atoms with Crippen molar-refractivity contribution in [2.45, 2.75) is 36.6 Å². The lowest BCUT2D eigenvalue weighted by atomic mass is 10.2. The molecule has 3 rings (SSSR count). The topological polar surface area (TPSA) is 84.5 Å². The van der Waals surface area contributed by atoms with Crippen LogP contribution in [0.5, 0.6) is 0 Å². The molecule has 7 heteroatoms. The first-order valence-corrected chi connectivity index (χ1v) is 8.63. The molecule has 23 heavy (non-hydrogen) atoms. The Bertz CT molecular complexity index is 641. The van der Waals surface area contributed by atoms with Gasteiger partial charge in [-0.05, 0) is 31.0 Å². The molecule has 0 atom stereocenters. The summed E-state index contributed by atoms with van der Waals surface area (Å²) in [6, 6.07) is 5.20. The van der Waals surface area contributed by atoms with Crippen molar-refractivity contribution in [3.63, 3.8) is 0 Å². The zero-order chi connectivity index (χ0) is 16.2. The summed E-state index contributed by atoms with van der Waals surface area (Å²) in [5, 5.41) is 5.59. The molecule has 1 heterocycles. The molecule has 1 fully saturated rings. The van der Waals surface area contributed by atoms with Crippen molar-refractivity contribution in [1.29, 1.82) is 0 Å². The Morgan fingerprint density at radius 2 is 2.09 bits per heavy atom. The van der Waals surface area contributed by atoms with Gasteiger partial charge in [-0.1, -0.05) is 12.8 Å². The van der Waals surface area contributed by atoms with Gasteiger partial charge in [0, 0.05) is 10.9 Å². The second kappa shape index (κ2) is 7.04. The summed E-state index contributed by atoms with van der Waals surface area (Å²) in [5.74, 6) is -0.562. The summed E-state index contributed by atoms with van der Waals surface area (Å²) in [6.07, 6.45) is 4.23. The quantitative estimate of drug-likeness (QED) is 0.822. The number of rotatable bonds is 4. The van der Waals surface area contributed by atoms with E-state index in [1.807, 2.05) is 0 Å². The van der Waals surface area contributed by atoms with E-state index in [0.717, 1.165) is 30.6 Å². The van der Waals surface area contributed by atoms with Gasteiger partial charge in [0.1, 0.15) is 0 Å². The number of carbonyl (C=O) groups excluding carboxylic acids is 3. The lowest BCUT2D eigenvalue weighted by Crippen LogP contribution is -2.35. The average molecular weight is 334 g/mol. The van der Waals surface area contributed by atoms with E-state index >= 15 is 0 Å². The molecule has 1 saturated carbocycles. The van der Waals surface area contributed by atoms with Crippen LogP contribution in [0.15, 0.2) is 23.1 Å². The van der Waals surface area contributed by atoms with E-state index in [1.165, 1.54) is 11.8 Å². The second-order valence-corrected chi connectivity index (χ2v) is 6.69. The molecule has 1 aromatic rings. The average Bonchev–Trinajstić information content (AvgIpc) is 3.04. The van der Waals surface area contributed by atoms with Gasteiger partial charge >= 0.3 is 5.97 Å². The van der Waals surface area contributed by atoms with E-state index in [2.05, 4.69) is 10.6 Å². The number of thioether (sulfide) groups is 1.